The van der Waals surface area contributed by atoms with E-state index in [2.05, 4.69) is 0 Å². The van der Waals surface area contributed by atoms with Crippen molar-refractivity contribution in [1.82, 2.24) is 0 Å². The molecule has 0 saturated carbocycles. The summed E-state index contributed by atoms with van der Waals surface area (Å²) in [6.07, 6.45) is 0.492. The van der Waals surface area contributed by atoms with Crippen molar-refractivity contribution < 1.29 is 9.52 Å². The number of fused-ring (bicyclic) bond motifs is 1. The summed E-state index contributed by atoms with van der Waals surface area (Å²) in [6.45, 7) is 6.04. The molecule has 0 aliphatic rings. The van der Waals surface area contributed by atoms with E-state index < -0.39 is 5.63 Å². The molecular weight excluding hydrogens is 216 g/mol. The Hall–Kier alpha value is -1.77. The summed E-state index contributed by atoms with van der Waals surface area (Å²) >= 11 is 0. The molecule has 90 valence electrons. The molecule has 1 aromatic heterocycles. The predicted molar refractivity (Wildman–Crippen MR) is 67.3 cm³/mol. The third kappa shape index (κ3) is 2.33. The van der Waals surface area contributed by atoms with Gasteiger partial charge >= 0.3 is 5.63 Å². The second kappa shape index (κ2) is 3.91. The van der Waals surface area contributed by atoms with E-state index in [-0.39, 0.29) is 11.2 Å². The number of rotatable bonds is 1. The summed E-state index contributed by atoms with van der Waals surface area (Å²) < 4.78 is 5.20. The molecule has 3 heteroatoms. The maximum absolute atomic E-state index is 11.8. The Morgan fingerprint density at radius 2 is 1.88 bits per heavy atom. The number of benzene rings is 1. The van der Waals surface area contributed by atoms with E-state index in [1.807, 2.05) is 26.8 Å². The van der Waals surface area contributed by atoms with Gasteiger partial charge in [0.2, 0.25) is 0 Å². The summed E-state index contributed by atoms with van der Waals surface area (Å²) in [5, 5.41) is 10.7. The van der Waals surface area contributed by atoms with Gasteiger partial charge in [0.25, 0.3) is 0 Å². The van der Waals surface area contributed by atoms with E-state index in [1.54, 1.807) is 18.2 Å². The van der Waals surface area contributed by atoms with Crippen molar-refractivity contribution in [2.24, 2.45) is 5.41 Å². The zero-order valence-electron chi connectivity index (χ0n) is 10.3. The highest BCUT2D eigenvalue weighted by atomic mass is 16.4. The van der Waals surface area contributed by atoms with Gasteiger partial charge in [0.15, 0.2) is 0 Å². The third-order valence-electron chi connectivity index (χ3n) is 2.58. The summed E-state index contributed by atoms with van der Waals surface area (Å²) in [5.74, 6) is 0.0479. The van der Waals surface area contributed by atoms with Crippen molar-refractivity contribution in [3.8, 4) is 5.75 Å². The molecule has 0 aliphatic heterocycles. The summed E-state index contributed by atoms with van der Waals surface area (Å²) in [6, 6.07) is 7.01. The zero-order valence-corrected chi connectivity index (χ0v) is 10.3. The Morgan fingerprint density at radius 1 is 1.24 bits per heavy atom. The van der Waals surface area contributed by atoms with E-state index in [0.29, 0.717) is 23.0 Å². The summed E-state index contributed by atoms with van der Waals surface area (Å²) in [5.41, 5.74) is 0.259. The molecule has 17 heavy (non-hydrogen) atoms. The molecule has 1 aromatic carbocycles. The third-order valence-corrected chi connectivity index (χ3v) is 2.58. The lowest BCUT2D eigenvalue weighted by molar-refractivity contribution is 0.383. The van der Waals surface area contributed by atoms with Crippen LogP contribution >= 0.6 is 0 Å². The Morgan fingerprint density at radius 3 is 2.53 bits per heavy atom. The molecule has 0 bridgehead atoms. The molecule has 0 radical (unpaired) electrons. The van der Waals surface area contributed by atoms with Crippen LogP contribution in [0, 0.1) is 5.41 Å². The predicted octanol–water partition coefficient (Wildman–Crippen LogP) is 3.09. The van der Waals surface area contributed by atoms with Crippen molar-refractivity contribution in [2.45, 2.75) is 27.2 Å². The van der Waals surface area contributed by atoms with Gasteiger partial charge in [0.1, 0.15) is 11.3 Å². The Kier molecular flexibility index (Phi) is 2.69. The minimum Gasteiger partial charge on any atom is -0.507 e. The van der Waals surface area contributed by atoms with Crippen molar-refractivity contribution in [1.29, 1.82) is 0 Å². The van der Waals surface area contributed by atoms with Gasteiger partial charge in [0, 0.05) is 0 Å². The molecule has 0 atom stereocenters. The molecule has 1 heterocycles. The Balaban J connectivity index is 2.68. The zero-order chi connectivity index (χ0) is 12.6. The van der Waals surface area contributed by atoms with Gasteiger partial charge < -0.3 is 9.52 Å². The van der Waals surface area contributed by atoms with Crippen LogP contribution in [0.2, 0.25) is 0 Å². The molecule has 2 rings (SSSR count). The first kappa shape index (κ1) is 11.7. The van der Waals surface area contributed by atoms with Gasteiger partial charge in [-0.3, -0.25) is 0 Å². The molecule has 0 fully saturated rings. The molecule has 0 saturated heterocycles. The van der Waals surface area contributed by atoms with Gasteiger partial charge in [-0.15, -0.1) is 0 Å². The monoisotopic (exact) mass is 232 g/mol. The summed E-state index contributed by atoms with van der Waals surface area (Å²) in [7, 11) is 0. The lowest BCUT2D eigenvalue weighted by Gasteiger charge is -2.18. The van der Waals surface area contributed by atoms with Crippen molar-refractivity contribution in [2.75, 3.05) is 0 Å². The van der Waals surface area contributed by atoms with Crippen LogP contribution in [0.3, 0.4) is 0 Å². The fraction of sp³-hybridized carbons (Fsp3) is 0.357. The average molecular weight is 232 g/mol. The largest absolute Gasteiger partial charge is 0.507 e. The van der Waals surface area contributed by atoms with Crippen LogP contribution in [-0.4, -0.2) is 5.11 Å². The topological polar surface area (TPSA) is 50.4 Å². The maximum Gasteiger partial charge on any atom is 0.343 e. The van der Waals surface area contributed by atoms with Gasteiger partial charge in [0.05, 0.1) is 10.9 Å². The van der Waals surface area contributed by atoms with E-state index in [9.17, 15) is 9.90 Å². The van der Waals surface area contributed by atoms with Crippen molar-refractivity contribution in [3.05, 3.63) is 40.2 Å². The van der Waals surface area contributed by atoms with Crippen LogP contribution in [0.15, 0.2) is 33.5 Å². The number of hydrogen-bond acceptors (Lipinski definition) is 3. The van der Waals surface area contributed by atoms with Gasteiger partial charge in [-0.2, -0.15) is 0 Å². The molecule has 2 aromatic rings. The van der Waals surface area contributed by atoms with Gasteiger partial charge in [-0.1, -0.05) is 32.9 Å². The second-order valence-electron chi connectivity index (χ2n) is 5.45. The van der Waals surface area contributed by atoms with Crippen LogP contribution < -0.4 is 5.63 Å². The molecule has 0 aliphatic carbocycles. The highest BCUT2D eigenvalue weighted by Crippen LogP contribution is 2.30. The van der Waals surface area contributed by atoms with Crippen molar-refractivity contribution in [3.63, 3.8) is 0 Å². The minimum atomic E-state index is -0.448. The average Bonchev–Trinajstić information content (AvgIpc) is 2.23. The number of para-hydroxylation sites is 1. The highest BCUT2D eigenvalue weighted by Gasteiger charge is 2.20. The minimum absolute atomic E-state index is 0.0479. The van der Waals surface area contributed by atoms with Crippen LogP contribution in [0.4, 0.5) is 0 Å². The lowest BCUT2D eigenvalue weighted by atomic mass is 9.88. The Bertz CT molecular complexity index is 603. The lowest BCUT2D eigenvalue weighted by Crippen LogP contribution is -2.17. The quantitative estimate of drug-likeness (QED) is 0.769. The Labute approximate surface area is 99.7 Å². The highest BCUT2D eigenvalue weighted by molar-refractivity contribution is 5.83. The molecule has 0 amide bonds. The fourth-order valence-corrected chi connectivity index (χ4v) is 1.86. The van der Waals surface area contributed by atoms with Crippen LogP contribution in [0.5, 0.6) is 5.75 Å². The second-order valence-corrected chi connectivity index (χ2v) is 5.45. The summed E-state index contributed by atoms with van der Waals surface area (Å²) in [4.78, 5) is 11.8. The maximum atomic E-state index is 11.8. The van der Waals surface area contributed by atoms with E-state index in [1.165, 1.54) is 0 Å². The molecule has 0 unspecified atom stereocenters. The molecular formula is C14H16O3. The first-order valence-electron chi connectivity index (χ1n) is 5.62. The van der Waals surface area contributed by atoms with Gasteiger partial charge in [-0.25, -0.2) is 4.79 Å². The SMILES string of the molecule is CC(C)(C)Cc1c(O)c2ccccc2oc1=O. The van der Waals surface area contributed by atoms with Crippen molar-refractivity contribution >= 4 is 11.0 Å². The van der Waals surface area contributed by atoms with E-state index in [4.69, 9.17) is 4.42 Å². The first-order valence-corrected chi connectivity index (χ1v) is 5.62. The standard InChI is InChI=1S/C14H16O3/c1-14(2,3)8-10-12(15)9-6-4-5-7-11(9)17-13(10)16/h4-7,15H,8H2,1-3H3. The first-order chi connectivity index (χ1) is 7.88. The smallest absolute Gasteiger partial charge is 0.343 e. The molecule has 3 nitrogen and oxygen atoms in total. The van der Waals surface area contributed by atoms with Crippen LogP contribution in [-0.2, 0) is 6.42 Å². The fourth-order valence-electron chi connectivity index (χ4n) is 1.86. The number of aromatic hydroxyl groups is 1. The van der Waals surface area contributed by atoms with Gasteiger partial charge in [-0.05, 0) is 24.0 Å². The molecule has 0 spiro atoms. The number of hydrogen-bond donors (Lipinski definition) is 1. The normalized spacial score (nSPS) is 11.9. The molecule has 1 N–H and O–H groups in total. The van der Waals surface area contributed by atoms with E-state index in [0.717, 1.165) is 0 Å². The van der Waals surface area contributed by atoms with Crippen LogP contribution in [0.1, 0.15) is 26.3 Å². The van der Waals surface area contributed by atoms with Crippen LogP contribution in [0.25, 0.3) is 11.0 Å². The van der Waals surface area contributed by atoms with E-state index >= 15 is 0 Å².